The number of hydrogen-bond donors (Lipinski definition) is 1. The van der Waals surface area contributed by atoms with Gasteiger partial charge in [-0.25, -0.2) is 4.98 Å². The van der Waals surface area contributed by atoms with Crippen LogP contribution in [0.1, 0.15) is 13.8 Å². The second kappa shape index (κ2) is 8.82. The zero-order chi connectivity index (χ0) is 15.8. The van der Waals surface area contributed by atoms with Crippen molar-refractivity contribution in [2.45, 2.75) is 25.3 Å². The number of benzene rings is 1. The van der Waals surface area contributed by atoms with Crippen molar-refractivity contribution in [3.63, 3.8) is 0 Å². The standard InChI is InChI=1S/C16H22N2O3S/c1-4-20-15(21-5-2)11-22-16-17-10-14(18-16)12-6-8-13(19-3)9-7-12/h6-10,15H,4-5,11H2,1-3H3,(H,17,18). The molecule has 0 amide bonds. The van der Waals surface area contributed by atoms with Crippen LogP contribution < -0.4 is 4.74 Å². The Kier molecular flexibility index (Phi) is 6.76. The van der Waals surface area contributed by atoms with Gasteiger partial charge in [-0.15, -0.1) is 0 Å². The fourth-order valence-corrected chi connectivity index (χ4v) is 2.75. The number of rotatable bonds is 9. The van der Waals surface area contributed by atoms with Gasteiger partial charge in [0.1, 0.15) is 5.75 Å². The molecule has 0 aliphatic carbocycles. The summed E-state index contributed by atoms with van der Waals surface area (Å²) in [6.45, 7) is 5.21. The molecule has 1 heterocycles. The van der Waals surface area contributed by atoms with E-state index in [0.717, 1.165) is 22.2 Å². The molecule has 1 aromatic carbocycles. The summed E-state index contributed by atoms with van der Waals surface area (Å²) in [5.74, 6) is 1.55. The lowest BCUT2D eigenvalue weighted by molar-refractivity contribution is -0.120. The van der Waals surface area contributed by atoms with Crippen LogP contribution in [0.3, 0.4) is 0 Å². The minimum Gasteiger partial charge on any atom is -0.497 e. The number of thioether (sulfide) groups is 1. The Balaban J connectivity index is 1.95. The first kappa shape index (κ1) is 16.9. The smallest absolute Gasteiger partial charge is 0.166 e. The minimum atomic E-state index is -0.200. The molecule has 1 N–H and O–H groups in total. The average Bonchev–Trinajstić information content (AvgIpc) is 3.02. The Morgan fingerprint density at radius 1 is 1.14 bits per heavy atom. The molecule has 6 heteroatoms. The van der Waals surface area contributed by atoms with Gasteiger partial charge in [-0.3, -0.25) is 0 Å². The maximum Gasteiger partial charge on any atom is 0.166 e. The molecule has 0 saturated carbocycles. The first-order chi connectivity index (χ1) is 10.8. The van der Waals surface area contributed by atoms with Crippen LogP contribution in [0.2, 0.25) is 0 Å². The Bertz CT molecular complexity index is 551. The van der Waals surface area contributed by atoms with Gasteiger partial charge in [0, 0.05) is 13.2 Å². The third-order valence-corrected chi connectivity index (χ3v) is 3.93. The van der Waals surface area contributed by atoms with E-state index >= 15 is 0 Å². The van der Waals surface area contributed by atoms with E-state index in [4.69, 9.17) is 14.2 Å². The lowest BCUT2D eigenvalue weighted by Crippen LogP contribution is -2.20. The van der Waals surface area contributed by atoms with Crippen molar-refractivity contribution in [1.82, 2.24) is 9.97 Å². The van der Waals surface area contributed by atoms with Crippen LogP contribution in [0, 0.1) is 0 Å². The number of nitrogens with zero attached hydrogens (tertiary/aromatic N) is 1. The second-order valence-corrected chi connectivity index (χ2v) is 5.49. The van der Waals surface area contributed by atoms with Crippen molar-refractivity contribution in [2.24, 2.45) is 0 Å². The van der Waals surface area contributed by atoms with Crippen LogP contribution in [0.25, 0.3) is 11.3 Å². The minimum absolute atomic E-state index is 0.200. The molecule has 1 aromatic heterocycles. The quantitative estimate of drug-likeness (QED) is 0.565. The third kappa shape index (κ3) is 4.76. The van der Waals surface area contributed by atoms with Crippen LogP contribution in [-0.2, 0) is 9.47 Å². The summed E-state index contributed by atoms with van der Waals surface area (Å²) >= 11 is 1.59. The van der Waals surface area contributed by atoms with Gasteiger partial charge in [-0.2, -0.15) is 0 Å². The summed E-state index contributed by atoms with van der Waals surface area (Å²) in [6, 6.07) is 7.88. The first-order valence-corrected chi connectivity index (χ1v) is 8.30. The van der Waals surface area contributed by atoms with Crippen molar-refractivity contribution in [3.8, 4) is 17.0 Å². The summed E-state index contributed by atoms with van der Waals surface area (Å²) in [7, 11) is 1.66. The van der Waals surface area contributed by atoms with E-state index < -0.39 is 0 Å². The molecule has 5 nitrogen and oxygen atoms in total. The van der Waals surface area contributed by atoms with E-state index in [1.54, 1.807) is 18.9 Å². The SMILES string of the molecule is CCOC(CSc1ncc(-c2ccc(OC)cc2)[nH]1)OCC. The summed E-state index contributed by atoms with van der Waals surface area (Å²) in [5, 5.41) is 0.857. The largest absolute Gasteiger partial charge is 0.497 e. The molecule has 0 fully saturated rings. The highest BCUT2D eigenvalue weighted by Crippen LogP contribution is 2.24. The molecular formula is C16H22N2O3S. The molecule has 0 aliphatic rings. The van der Waals surface area contributed by atoms with Crippen molar-refractivity contribution in [2.75, 3.05) is 26.1 Å². The molecule has 2 aromatic rings. The van der Waals surface area contributed by atoms with E-state index in [1.807, 2.05) is 44.3 Å². The Morgan fingerprint density at radius 2 is 1.82 bits per heavy atom. The molecule has 0 saturated heterocycles. The molecular weight excluding hydrogens is 300 g/mol. The van der Waals surface area contributed by atoms with Gasteiger partial charge in [-0.05, 0) is 43.7 Å². The molecule has 0 aliphatic heterocycles. The predicted octanol–water partition coefficient (Wildman–Crippen LogP) is 3.58. The third-order valence-electron chi connectivity index (χ3n) is 3.01. The zero-order valence-electron chi connectivity index (χ0n) is 13.2. The highest BCUT2D eigenvalue weighted by Gasteiger charge is 2.11. The number of nitrogens with one attached hydrogen (secondary N) is 1. The van der Waals surface area contributed by atoms with Crippen LogP contribution in [0.4, 0.5) is 0 Å². The summed E-state index contributed by atoms with van der Waals surface area (Å²) < 4.78 is 16.2. The van der Waals surface area contributed by atoms with Gasteiger partial charge in [0.25, 0.3) is 0 Å². The van der Waals surface area contributed by atoms with Crippen molar-refractivity contribution < 1.29 is 14.2 Å². The number of imidazole rings is 1. The van der Waals surface area contributed by atoms with Gasteiger partial charge in [-0.1, -0.05) is 11.8 Å². The highest BCUT2D eigenvalue weighted by molar-refractivity contribution is 7.99. The monoisotopic (exact) mass is 322 g/mol. The average molecular weight is 322 g/mol. The van der Waals surface area contributed by atoms with Crippen LogP contribution in [-0.4, -0.2) is 42.3 Å². The van der Waals surface area contributed by atoms with Crippen molar-refractivity contribution >= 4 is 11.8 Å². The van der Waals surface area contributed by atoms with Crippen LogP contribution in [0.15, 0.2) is 35.6 Å². The number of aromatic nitrogens is 2. The molecule has 0 unspecified atom stereocenters. The van der Waals surface area contributed by atoms with E-state index in [0.29, 0.717) is 19.0 Å². The zero-order valence-corrected chi connectivity index (χ0v) is 14.0. The van der Waals surface area contributed by atoms with E-state index in [9.17, 15) is 0 Å². The van der Waals surface area contributed by atoms with Gasteiger partial charge in [0.2, 0.25) is 0 Å². The molecule has 22 heavy (non-hydrogen) atoms. The Labute approximate surface area is 135 Å². The summed E-state index contributed by atoms with van der Waals surface area (Å²) in [6.07, 6.45) is 1.63. The lowest BCUT2D eigenvalue weighted by atomic mass is 10.2. The van der Waals surface area contributed by atoms with E-state index in [1.165, 1.54) is 0 Å². The van der Waals surface area contributed by atoms with Gasteiger partial charge < -0.3 is 19.2 Å². The van der Waals surface area contributed by atoms with Crippen LogP contribution >= 0.6 is 11.8 Å². The number of H-pyrrole nitrogens is 1. The maximum atomic E-state index is 5.52. The predicted molar refractivity (Wildman–Crippen MR) is 88.3 cm³/mol. The van der Waals surface area contributed by atoms with E-state index in [-0.39, 0.29) is 6.29 Å². The van der Waals surface area contributed by atoms with Gasteiger partial charge in [0.15, 0.2) is 11.4 Å². The Hall–Kier alpha value is -1.50. The summed E-state index contributed by atoms with van der Waals surface area (Å²) in [5.41, 5.74) is 2.06. The van der Waals surface area contributed by atoms with Gasteiger partial charge >= 0.3 is 0 Å². The van der Waals surface area contributed by atoms with Crippen LogP contribution in [0.5, 0.6) is 5.75 Å². The van der Waals surface area contributed by atoms with Crippen molar-refractivity contribution in [1.29, 1.82) is 0 Å². The maximum absolute atomic E-state index is 5.52. The van der Waals surface area contributed by atoms with Gasteiger partial charge in [0.05, 0.1) is 24.8 Å². The first-order valence-electron chi connectivity index (χ1n) is 7.32. The fraction of sp³-hybridized carbons (Fsp3) is 0.438. The molecule has 0 radical (unpaired) electrons. The molecule has 0 atom stereocenters. The topological polar surface area (TPSA) is 56.4 Å². The van der Waals surface area contributed by atoms with E-state index in [2.05, 4.69) is 9.97 Å². The molecule has 0 bridgehead atoms. The highest BCUT2D eigenvalue weighted by atomic mass is 32.2. The Morgan fingerprint density at radius 3 is 2.41 bits per heavy atom. The number of aromatic amines is 1. The fourth-order valence-electron chi connectivity index (χ4n) is 1.96. The number of ether oxygens (including phenoxy) is 3. The molecule has 2 rings (SSSR count). The number of hydrogen-bond acceptors (Lipinski definition) is 5. The number of methoxy groups -OCH3 is 1. The normalized spacial score (nSPS) is 11.1. The molecule has 0 spiro atoms. The summed E-state index contributed by atoms with van der Waals surface area (Å²) in [4.78, 5) is 7.70. The lowest BCUT2D eigenvalue weighted by Gasteiger charge is -2.15. The van der Waals surface area contributed by atoms with Crippen molar-refractivity contribution in [3.05, 3.63) is 30.5 Å². The second-order valence-electron chi connectivity index (χ2n) is 4.48. The molecule has 120 valence electrons.